The number of nitrogens with one attached hydrogen (secondary N) is 1. The average molecular weight is 318 g/mol. The molecular formula is C20H18N2O2. The molecular weight excluding hydrogens is 300 g/mol. The normalized spacial score (nSPS) is 10.4. The van der Waals surface area contributed by atoms with Crippen LogP contribution in [-0.4, -0.2) is 18.9 Å². The van der Waals surface area contributed by atoms with E-state index < -0.39 is 0 Å². The monoisotopic (exact) mass is 318 g/mol. The van der Waals surface area contributed by atoms with Crippen molar-refractivity contribution < 1.29 is 9.59 Å². The molecule has 0 unspecified atom stereocenters. The Morgan fingerprint density at radius 3 is 2.21 bits per heavy atom. The van der Waals surface area contributed by atoms with Gasteiger partial charge in [-0.2, -0.15) is 0 Å². The quantitative estimate of drug-likeness (QED) is 0.791. The summed E-state index contributed by atoms with van der Waals surface area (Å²) >= 11 is 0. The van der Waals surface area contributed by atoms with E-state index in [1.54, 1.807) is 36.2 Å². The molecule has 4 nitrogen and oxygen atoms in total. The second-order valence-corrected chi connectivity index (χ2v) is 5.65. The minimum absolute atomic E-state index is 0.0975. The molecule has 0 aliphatic carbocycles. The van der Waals surface area contributed by atoms with Gasteiger partial charge in [0.15, 0.2) is 0 Å². The number of hydrogen-bond donors (Lipinski definition) is 1. The van der Waals surface area contributed by atoms with Gasteiger partial charge in [0, 0.05) is 30.9 Å². The van der Waals surface area contributed by atoms with Crippen molar-refractivity contribution in [3.05, 3.63) is 72.3 Å². The summed E-state index contributed by atoms with van der Waals surface area (Å²) in [5.41, 5.74) is 2.08. The van der Waals surface area contributed by atoms with Crippen LogP contribution in [0.25, 0.3) is 10.8 Å². The van der Waals surface area contributed by atoms with Crippen LogP contribution >= 0.6 is 0 Å². The Morgan fingerprint density at radius 1 is 0.875 bits per heavy atom. The molecule has 0 saturated carbocycles. The molecule has 4 heteroatoms. The highest BCUT2D eigenvalue weighted by Gasteiger charge is 2.13. The van der Waals surface area contributed by atoms with E-state index in [0.717, 1.165) is 16.5 Å². The third-order valence-corrected chi connectivity index (χ3v) is 3.88. The van der Waals surface area contributed by atoms with Gasteiger partial charge in [0.2, 0.25) is 5.91 Å². The number of carbonyl (C=O) groups excluding carboxylic acids is 2. The van der Waals surface area contributed by atoms with Crippen molar-refractivity contribution in [2.75, 3.05) is 17.3 Å². The maximum atomic E-state index is 12.7. The lowest BCUT2D eigenvalue weighted by atomic mass is 10.1. The van der Waals surface area contributed by atoms with Gasteiger partial charge in [-0.15, -0.1) is 0 Å². The fourth-order valence-corrected chi connectivity index (χ4v) is 2.60. The van der Waals surface area contributed by atoms with Gasteiger partial charge in [-0.25, -0.2) is 0 Å². The van der Waals surface area contributed by atoms with Gasteiger partial charge in [-0.3, -0.25) is 9.59 Å². The molecule has 3 aromatic rings. The van der Waals surface area contributed by atoms with E-state index >= 15 is 0 Å². The fourth-order valence-electron chi connectivity index (χ4n) is 2.60. The number of carbonyl (C=O) groups is 2. The van der Waals surface area contributed by atoms with Gasteiger partial charge in [0.25, 0.3) is 5.91 Å². The van der Waals surface area contributed by atoms with Crippen LogP contribution in [0.3, 0.4) is 0 Å². The smallest absolute Gasteiger partial charge is 0.258 e. The molecule has 0 atom stereocenters. The van der Waals surface area contributed by atoms with Gasteiger partial charge >= 0.3 is 0 Å². The van der Waals surface area contributed by atoms with Gasteiger partial charge in [-0.1, -0.05) is 30.3 Å². The highest BCUT2D eigenvalue weighted by atomic mass is 16.2. The molecule has 3 rings (SSSR count). The van der Waals surface area contributed by atoms with E-state index in [4.69, 9.17) is 0 Å². The van der Waals surface area contributed by atoms with Crippen molar-refractivity contribution >= 4 is 34.0 Å². The number of fused-ring (bicyclic) bond motifs is 1. The Hall–Kier alpha value is -3.14. The van der Waals surface area contributed by atoms with Crippen LogP contribution in [0.1, 0.15) is 17.3 Å². The predicted octanol–water partition coefficient (Wildman–Crippen LogP) is 4.07. The molecule has 0 aromatic heterocycles. The summed E-state index contributed by atoms with van der Waals surface area (Å²) < 4.78 is 0. The first-order chi connectivity index (χ1) is 11.5. The highest BCUT2D eigenvalue weighted by molar-refractivity contribution is 6.07. The molecule has 2 amide bonds. The molecule has 1 N–H and O–H groups in total. The SMILES string of the molecule is CC(=O)Nc1ccc(C(=O)N(C)c2ccc3ccccc3c2)cc1. The molecule has 0 bridgehead atoms. The van der Waals surface area contributed by atoms with Crippen molar-refractivity contribution in [2.24, 2.45) is 0 Å². The maximum Gasteiger partial charge on any atom is 0.258 e. The molecule has 0 aliphatic rings. The lowest BCUT2D eigenvalue weighted by Gasteiger charge is -2.18. The Kier molecular flexibility index (Phi) is 4.29. The minimum Gasteiger partial charge on any atom is -0.326 e. The van der Waals surface area contributed by atoms with E-state index in [1.807, 2.05) is 42.5 Å². The number of benzene rings is 3. The van der Waals surface area contributed by atoms with Gasteiger partial charge in [0.1, 0.15) is 0 Å². The molecule has 0 aliphatic heterocycles. The summed E-state index contributed by atoms with van der Waals surface area (Å²) in [6, 6.07) is 20.9. The highest BCUT2D eigenvalue weighted by Crippen LogP contribution is 2.23. The molecule has 0 spiro atoms. The molecule has 3 aromatic carbocycles. The first kappa shape index (κ1) is 15.7. The second-order valence-electron chi connectivity index (χ2n) is 5.65. The van der Waals surface area contributed by atoms with Crippen LogP contribution in [0.15, 0.2) is 66.7 Å². The summed E-state index contributed by atoms with van der Waals surface area (Å²) in [6.07, 6.45) is 0. The van der Waals surface area contributed by atoms with Gasteiger partial charge in [0.05, 0.1) is 0 Å². The number of rotatable bonds is 3. The Bertz CT molecular complexity index is 901. The average Bonchev–Trinajstić information content (AvgIpc) is 2.60. The van der Waals surface area contributed by atoms with Crippen molar-refractivity contribution in [1.29, 1.82) is 0 Å². The zero-order chi connectivity index (χ0) is 17.1. The topological polar surface area (TPSA) is 49.4 Å². The third-order valence-electron chi connectivity index (χ3n) is 3.88. The fraction of sp³-hybridized carbons (Fsp3) is 0.100. The Morgan fingerprint density at radius 2 is 1.54 bits per heavy atom. The molecule has 0 heterocycles. The minimum atomic E-state index is -0.137. The number of nitrogens with zero attached hydrogens (tertiary/aromatic N) is 1. The van der Waals surface area contributed by atoms with Crippen LogP contribution in [0, 0.1) is 0 Å². The largest absolute Gasteiger partial charge is 0.326 e. The predicted molar refractivity (Wildman–Crippen MR) is 97.4 cm³/mol. The van der Waals surface area contributed by atoms with Crippen LogP contribution in [0.4, 0.5) is 11.4 Å². The number of hydrogen-bond acceptors (Lipinski definition) is 2. The summed E-state index contributed by atoms with van der Waals surface area (Å²) in [5, 5.41) is 4.92. The Balaban J connectivity index is 1.83. The summed E-state index contributed by atoms with van der Waals surface area (Å²) in [6.45, 7) is 1.45. The Labute approximate surface area is 140 Å². The first-order valence-electron chi connectivity index (χ1n) is 7.69. The lowest BCUT2D eigenvalue weighted by Crippen LogP contribution is -2.26. The summed E-state index contributed by atoms with van der Waals surface area (Å²) in [7, 11) is 1.76. The van der Waals surface area contributed by atoms with E-state index in [9.17, 15) is 9.59 Å². The lowest BCUT2D eigenvalue weighted by molar-refractivity contribution is -0.114. The van der Waals surface area contributed by atoms with E-state index in [2.05, 4.69) is 5.32 Å². The van der Waals surface area contributed by atoms with Crippen LogP contribution in [0.5, 0.6) is 0 Å². The van der Waals surface area contributed by atoms with Gasteiger partial charge in [-0.05, 0) is 47.2 Å². The van der Waals surface area contributed by atoms with Crippen LogP contribution in [-0.2, 0) is 4.79 Å². The molecule has 0 saturated heterocycles. The standard InChI is InChI=1S/C20H18N2O2/c1-14(23)21-18-10-7-16(8-11-18)20(24)22(2)19-12-9-15-5-3-4-6-17(15)13-19/h3-13H,1-2H3,(H,21,23). The van der Waals surface area contributed by atoms with E-state index in [0.29, 0.717) is 11.3 Å². The van der Waals surface area contributed by atoms with Crippen molar-refractivity contribution in [1.82, 2.24) is 0 Å². The van der Waals surface area contributed by atoms with E-state index in [1.165, 1.54) is 6.92 Å². The molecule has 0 fully saturated rings. The molecule has 0 radical (unpaired) electrons. The molecule has 24 heavy (non-hydrogen) atoms. The molecule has 120 valence electrons. The zero-order valence-electron chi connectivity index (χ0n) is 13.6. The van der Waals surface area contributed by atoms with Gasteiger partial charge < -0.3 is 10.2 Å². The third kappa shape index (κ3) is 3.27. The summed E-state index contributed by atoms with van der Waals surface area (Å²) in [4.78, 5) is 25.3. The first-order valence-corrected chi connectivity index (χ1v) is 7.69. The number of amides is 2. The van der Waals surface area contributed by atoms with E-state index in [-0.39, 0.29) is 11.8 Å². The summed E-state index contributed by atoms with van der Waals surface area (Å²) in [5.74, 6) is -0.234. The maximum absolute atomic E-state index is 12.7. The number of anilines is 2. The van der Waals surface area contributed by atoms with Crippen molar-refractivity contribution in [3.8, 4) is 0 Å². The van der Waals surface area contributed by atoms with Crippen molar-refractivity contribution in [3.63, 3.8) is 0 Å². The zero-order valence-corrected chi connectivity index (χ0v) is 13.6. The van der Waals surface area contributed by atoms with Crippen molar-refractivity contribution in [2.45, 2.75) is 6.92 Å². The van der Waals surface area contributed by atoms with Crippen LogP contribution < -0.4 is 10.2 Å². The second kappa shape index (κ2) is 6.54. The van der Waals surface area contributed by atoms with Crippen LogP contribution in [0.2, 0.25) is 0 Å².